The van der Waals surface area contributed by atoms with Gasteiger partial charge < -0.3 is 4.90 Å². The van der Waals surface area contributed by atoms with Crippen LogP contribution in [-0.4, -0.2) is 38.2 Å². The quantitative estimate of drug-likeness (QED) is 0.749. The molecular weight excluding hydrogens is 344 g/mol. The third-order valence-corrected chi connectivity index (χ3v) is 5.72. The summed E-state index contributed by atoms with van der Waals surface area (Å²) in [5.74, 6) is 0.912. The van der Waals surface area contributed by atoms with E-state index in [1.165, 1.54) is 9.25 Å². The Hall–Kier alpha value is -2.70. The van der Waals surface area contributed by atoms with E-state index in [1.54, 1.807) is 6.92 Å². The Morgan fingerprint density at radius 3 is 2.48 bits per heavy atom. The average Bonchev–Trinajstić information content (AvgIpc) is 3.01. The van der Waals surface area contributed by atoms with Crippen LogP contribution in [0.3, 0.4) is 0 Å². The number of carbonyl (C=O) groups excluding carboxylic acids is 1. The molecule has 2 aliphatic heterocycles. The van der Waals surface area contributed by atoms with Gasteiger partial charge in [-0.3, -0.25) is 19.0 Å². The van der Waals surface area contributed by atoms with Crippen LogP contribution >= 0.6 is 0 Å². The topological polar surface area (TPSA) is 77.2 Å². The van der Waals surface area contributed by atoms with Gasteiger partial charge in [0, 0.05) is 37.7 Å². The van der Waals surface area contributed by atoms with Crippen molar-refractivity contribution in [3.8, 4) is 0 Å². The van der Waals surface area contributed by atoms with E-state index in [0.29, 0.717) is 37.6 Å². The van der Waals surface area contributed by atoms with Crippen LogP contribution in [0.5, 0.6) is 0 Å². The molecule has 4 rings (SSSR count). The minimum Gasteiger partial charge on any atom is -0.338 e. The van der Waals surface area contributed by atoms with Crippen molar-refractivity contribution in [1.29, 1.82) is 0 Å². The van der Waals surface area contributed by atoms with Crippen molar-refractivity contribution in [2.75, 3.05) is 13.1 Å². The third kappa shape index (κ3) is 2.91. The van der Waals surface area contributed by atoms with E-state index in [1.807, 2.05) is 30.9 Å². The molecule has 1 aromatic carbocycles. The summed E-state index contributed by atoms with van der Waals surface area (Å²) in [6.07, 6.45) is 0.810. The zero-order valence-corrected chi connectivity index (χ0v) is 15.9. The van der Waals surface area contributed by atoms with E-state index in [9.17, 15) is 14.4 Å². The lowest BCUT2D eigenvalue weighted by molar-refractivity contribution is 0.0667. The number of likely N-dealkylation sites (tertiary alicyclic amines) is 1. The first-order valence-corrected chi connectivity index (χ1v) is 9.48. The molecule has 2 atom stereocenters. The molecule has 0 aliphatic carbocycles. The maximum absolute atomic E-state index is 13.0. The molecule has 1 saturated heterocycles. The molecule has 1 fully saturated rings. The Bertz CT molecular complexity index is 1020. The number of fused-ring (bicyclic) bond motifs is 3. The highest BCUT2D eigenvalue weighted by molar-refractivity contribution is 5.94. The fraction of sp³-hybridized carbons (Fsp3) is 0.500. The summed E-state index contributed by atoms with van der Waals surface area (Å²) >= 11 is 0. The minimum atomic E-state index is -0.567. The molecule has 0 bridgehead atoms. The molecule has 142 valence electrons. The molecule has 0 saturated carbocycles. The summed E-state index contributed by atoms with van der Waals surface area (Å²) in [5, 5.41) is 4.44. The fourth-order valence-corrected chi connectivity index (χ4v) is 4.43. The fourth-order valence-electron chi connectivity index (χ4n) is 4.43. The van der Waals surface area contributed by atoms with E-state index >= 15 is 0 Å². The van der Waals surface area contributed by atoms with Gasteiger partial charge in [0.1, 0.15) is 5.82 Å². The molecule has 0 spiro atoms. The number of aromatic nitrogens is 3. The summed E-state index contributed by atoms with van der Waals surface area (Å²) in [7, 11) is 0. The zero-order valence-electron chi connectivity index (χ0n) is 15.9. The van der Waals surface area contributed by atoms with Crippen molar-refractivity contribution in [3.63, 3.8) is 0 Å². The van der Waals surface area contributed by atoms with Crippen LogP contribution < -0.4 is 11.1 Å². The molecule has 0 unspecified atom stereocenters. The lowest BCUT2D eigenvalue weighted by Crippen LogP contribution is -2.44. The first-order valence-electron chi connectivity index (χ1n) is 9.48. The lowest BCUT2D eigenvalue weighted by Gasteiger charge is -2.34. The van der Waals surface area contributed by atoms with Gasteiger partial charge in [-0.2, -0.15) is 5.10 Å². The molecule has 3 heterocycles. The molecule has 1 aromatic heterocycles. The highest BCUT2D eigenvalue weighted by Gasteiger charge is 2.41. The van der Waals surface area contributed by atoms with Gasteiger partial charge in [-0.1, -0.05) is 17.2 Å². The summed E-state index contributed by atoms with van der Waals surface area (Å²) < 4.78 is 2.76. The SMILES string of the molecule is CCn1nc2n(c(=O)c1=O)C[C@H]1CCN(C(=O)c3cc(C)cc(C)c3)C[C@@H]21. The van der Waals surface area contributed by atoms with E-state index < -0.39 is 11.1 Å². The van der Waals surface area contributed by atoms with Crippen LogP contribution in [0.15, 0.2) is 27.8 Å². The monoisotopic (exact) mass is 368 g/mol. The van der Waals surface area contributed by atoms with Gasteiger partial charge in [0.05, 0.1) is 0 Å². The van der Waals surface area contributed by atoms with Crippen LogP contribution in [0.25, 0.3) is 0 Å². The average molecular weight is 368 g/mol. The normalized spacial score (nSPS) is 21.1. The summed E-state index contributed by atoms with van der Waals surface area (Å²) in [4.78, 5) is 39.4. The molecule has 0 radical (unpaired) electrons. The van der Waals surface area contributed by atoms with E-state index in [2.05, 4.69) is 11.2 Å². The number of hydrogen-bond donors (Lipinski definition) is 0. The van der Waals surface area contributed by atoms with Crippen LogP contribution in [-0.2, 0) is 13.1 Å². The molecule has 1 amide bonds. The number of rotatable bonds is 2. The number of amides is 1. The maximum Gasteiger partial charge on any atom is 0.332 e. The largest absolute Gasteiger partial charge is 0.338 e. The predicted molar refractivity (Wildman–Crippen MR) is 101 cm³/mol. The zero-order chi connectivity index (χ0) is 19.3. The summed E-state index contributed by atoms with van der Waals surface area (Å²) in [6.45, 7) is 7.86. The van der Waals surface area contributed by atoms with Gasteiger partial charge in [0.25, 0.3) is 5.91 Å². The highest BCUT2D eigenvalue weighted by Crippen LogP contribution is 2.37. The third-order valence-electron chi connectivity index (χ3n) is 5.72. The van der Waals surface area contributed by atoms with Crippen LogP contribution in [0.1, 0.15) is 46.6 Å². The van der Waals surface area contributed by atoms with Crippen molar-refractivity contribution in [2.24, 2.45) is 5.92 Å². The molecule has 7 heteroatoms. The summed E-state index contributed by atoms with van der Waals surface area (Å²) in [5.41, 5.74) is 1.78. The molecule has 27 heavy (non-hydrogen) atoms. The van der Waals surface area contributed by atoms with Crippen molar-refractivity contribution in [3.05, 3.63) is 61.4 Å². The molecule has 2 aliphatic rings. The maximum atomic E-state index is 13.0. The van der Waals surface area contributed by atoms with Gasteiger partial charge >= 0.3 is 11.1 Å². The van der Waals surface area contributed by atoms with Crippen LogP contribution in [0, 0.1) is 19.8 Å². The van der Waals surface area contributed by atoms with Gasteiger partial charge in [-0.05, 0) is 45.2 Å². The van der Waals surface area contributed by atoms with E-state index in [4.69, 9.17) is 0 Å². The molecule has 7 nitrogen and oxygen atoms in total. The van der Waals surface area contributed by atoms with Crippen LogP contribution in [0.4, 0.5) is 0 Å². The Kier molecular flexibility index (Phi) is 4.25. The molecule has 0 N–H and O–H groups in total. The number of nitrogens with zero attached hydrogens (tertiary/aromatic N) is 4. The summed E-state index contributed by atoms with van der Waals surface area (Å²) in [6, 6.07) is 5.89. The van der Waals surface area contributed by atoms with Gasteiger partial charge in [0.15, 0.2) is 0 Å². The van der Waals surface area contributed by atoms with E-state index in [0.717, 1.165) is 17.5 Å². The van der Waals surface area contributed by atoms with Crippen LogP contribution in [0.2, 0.25) is 0 Å². The number of aryl methyl sites for hydroxylation is 3. The number of piperidine rings is 1. The van der Waals surface area contributed by atoms with Gasteiger partial charge in [-0.15, -0.1) is 0 Å². The first kappa shape index (κ1) is 17.7. The highest BCUT2D eigenvalue weighted by atomic mass is 16.2. The predicted octanol–water partition coefficient (Wildman–Crippen LogP) is 1.30. The molecule has 2 aromatic rings. The lowest BCUT2D eigenvalue weighted by atomic mass is 9.87. The second-order valence-corrected chi connectivity index (χ2v) is 7.68. The smallest absolute Gasteiger partial charge is 0.332 e. The number of carbonyl (C=O) groups is 1. The Morgan fingerprint density at radius 2 is 1.81 bits per heavy atom. The Balaban J connectivity index is 1.66. The first-order chi connectivity index (χ1) is 12.9. The molecular formula is C20H24N4O3. The van der Waals surface area contributed by atoms with Crippen molar-refractivity contribution in [1.82, 2.24) is 19.2 Å². The number of benzene rings is 1. The second kappa shape index (κ2) is 6.48. The van der Waals surface area contributed by atoms with E-state index in [-0.39, 0.29) is 17.7 Å². The number of hydrogen-bond acceptors (Lipinski definition) is 4. The minimum absolute atomic E-state index is 0.000272. The van der Waals surface area contributed by atoms with Crippen molar-refractivity contribution < 1.29 is 4.79 Å². The second-order valence-electron chi connectivity index (χ2n) is 7.68. The van der Waals surface area contributed by atoms with Gasteiger partial charge in [-0.25, -0.2) is 4.68 Å². The Morgan fingerprint density at radius 1 is 1.11 bits per heavy atom. The standard InChI is InChI=1S/C20H24N4O3/c1-4-24-20(27)19(26)23-10-14-5-6-22(11-16(14)17(23)21-24)18(25)15-8-12(2)7-13(3)9-15/h7-9,14,16H,4-6,10-11H2,1-3H3/t14-,16-/m1/s1. The Labute approximate surface area is 157 Å². The van der Waals surface area contributed by atoms with Crippen molar-refractivity contribution >= 4 is 5.91 Å². The van der Waals surface area contributed by atoms with Gasteiger partial charge in [0.2, 0.25) is 0 Å². The van der Waals surface area contributed by atoms with Crippen molar-refractivity contribution in [2.45, 2.75) is 46.2 Å².